The fourth-order valence-electron chi connectivity index (χ4n) is 7.41. The lowest BCUT2D eigenvalue weighted by Crippen LogP contribution is -2.28. The Morgan fingerprint density at radius 2 is 0.607 bits per heavy atom. The summed E-state index contributed by atoms with van der Waals surface area (Å²) >= 11 is 6.07. The van der Waals surface area contributed by atoms with Crippen LogP contribution in [0.5, 0.6) is 0 Å². The van der Waals surface area contributed by atoms with Crippen molar-refractivity contribution >= 4 is 36.0 Å². The maximum atomic E-state index is 3.51. The minimum Gasteiger partial charge on any atom is -0.303 e. The van der Waals surface area contributed by atoms with Gasteiger partial charge in [0.25, 0.3) is 0 Å². The Kier molecular flexibility index (Phi) is 49.3. The fraction of sp³-hybridized carbons (Fsp3) is 1.00. The molecule has 0 aromatic rings. The van der Waals surface area contributed by atoms with Crippen molar-refractivity contribution in [3.63, 3.8) is 0 Å². The van der Waals surface area contributed by atoms with Crippen LogP contribution < -0.4 is 4.72 Å². The Hall–Kier alpha value is 0.850. The molecule has 0 bridgehead atoms. The van der Waals surface area contributed by atoms with E-state index in [1.54, 1.807) is 12.1 Å². The van der Waals surface area contributed by atoms with Gasteiger partial charge in [0, 0.05) is 56.4 Å². The third kappa shape index (κ3) is 44.4. The number of unbranched alkanes of at least 4 members (excludes halogenated alkanes) is 25. The topological polar surface area (TPSA) is 25.0 Å². The Labute approximate surface area is 367 Å². The quantitative estimate of drug-likeness (QED) is 0.0478. The van der Waals surface area contributed by atoms with Crippen molar-refractivity contribution in [1.82, 2.24) is 22.5 Å². The van der Waals surface area contributed by atoms with Crippen LogP contribution in [-0.2, 0) is 0 Å². The number of hydrogen-bond acceptors (Lipinski definition) is 8. The molecule has 0 amide bonds. The van der Waals surface area contributed by atoms with E-state index >= 15 is 0 Å². The first-order valence-corrected chi connectivity index (χ1v) is 27.8. The summed E-state index contributed by atoms with van der Waals surface area (Å²) in [5.74, 6) is 2.65. The molecule has 0 atom stereocenters. The van der Waals surface area contributed by atoms with E-state index in [0.29, 0.717) is 0 Å². The van der Waals surface area contributed by atoms with E-state index in [1.165, 1.54) is 263 Å². The van der Waals surface area contributed by atoms with E-state index in [4.69, 9.17) is 0 Å². The Bertz CT molecular complexity index is 670. The van der Waals surface area contributed by atoms with Crippen LogP contribution in [0.15, 0.2) is 0 Å². The normalized spacial score (nSPS) is 12.1. The van der Waals surface area contributed by atoms with E-state index in [1.807, 2.05) is 0 Å². The van der Waals surface area contributed by atoms with Gasteiger partial charge in [-0.2, -0.15) is 0 Å². The van der Waals surface area contributed by atoms with Crippen molar-refractivity contribution in [2.75, 3.05) is 78.0 Å². The van der Waals surface area contributed by atoms with Crippen molar-refractivity contribution in [2.24, 2.45) is 0 Å². The summed E-state index contributed by atoms with van der Waals surface area (Å²) < 4.78 is 11.1. The molecule has 8 heteroatoms. The number of nitrogens with zero attached hydrogens (tertiary/aromatic N) is 4. The highest BCUT2D eigenvalue weighted by Gasteiger charge is 2.09. The van der Waals surface area contributed by atoms with Crippen LogP contribution in [0.3, 0.4) is 0 Å². The lowest BCUT2D eigenvalue weighted by atomic mass is 10.1. The van der Waals surface area contributed by atoms with Gasteiger partial charge >= 0.3 is 0 Å². The van der Waals surface area contributed by atoms with Gasteiger partial charge in [0.1, 0.15) is 0 Å². The van der Waals surface area contributed by atoms with Crippen LogP contribution in [0.1, 0.15) is 233 Å². The lowest BCUT2D eigenvalue weighted by Gasteiger charge is -2.23. The van der Waals surface area contributed by atoms with Crippen molar-refractivity contribution in [3.05, 3.63) is 0 Å². The maximum absolute atomic E-state index is 3.51. The summed E-state index contributed by atoms with van der Waals surface area (Å²) in [7, 11) is 4.22. The molecule has 0 radical (unpaired) electrons. The van der Waals surface area contributed by atoms with Gasteiger partial charge in [-0.3, -0.25) is 13.3 Å². The van der Waals surface area contributed by atoms with Gasteiger partial charge in [-0.15, -0.1) is 0 Å². The summed E-state index contributed by atoms with van der Waals surface area (Å²) in [5.41, 5.74) is 0. The van der Waals surface area contributed by atoms with Crippen molar-refractivity contribution < 1.29 is 0 Å². The van der Waals surface area contributed by atoms with E-state index in [-0.39, 0.29) is 0 Å². The third-order valence-corrected chi connectivity index (χ3v) is 14.2. The highest BCUT2D eigenvalue weighted by Crippen LogP contribution is 2.20. The zero-order chi connectivity index (χ0) is 40.8. The molecule has 0 fully saturated rings. The Balaban J connectivity index is 4.39. The first-order chi connectivity index (χ1) is 27.6. The van der Waals surface area contributed by atoms with E-state index < -0.39 is 0 Å². The van der Waals surface area contributed by atoms with Gasteiger partial charge in [-0.25, -0.2) is 4.31 Å². The average molecular weight is 847 g/mol. The van der Waals surface area contributed by atoms with Crippen LogP contribution in [-0.4, -0.2) is 95.8 Å². The zero-order valence-corrected chi connectivity index (χ0v) is 41.7. The van der Waals surface area contributed by atoms with Gasteiger partial charge in [-0.1, -0.05) is 193 Å². The van der Waals surface area contributed by atoms with Gasteiger partial charge < -0.3 is 4.90 Å². The van der Waals surface area contributed by atoms with Crippen LogP contribution in [0.2, 0.25) is 0 Å². The number of nitrogens with one attached hydrogen (secondary N) is 1. The predicted octanol–water partition coefficient (Wildman–Crippen LogP) is 15.5. The molecular weight excluding hydrogens is 743 g/mol. The molecule has 0 aromatic carbocycles. The minimum atomic E-state index is 1.11. The molecule has 0 heterocycles. The summed E-state index contributed by atoms with van der Waals surface area (Å²) in [6.45, 7) is 19.5. The number of hydrogen-bond donors (Lipinski definition) is 1. The van der Waals surface area contributed by atoms with Crippen LogP contribution >= 0.6 is 36.0 Å². The highest BCUT2D eigenvalue weighted by molar-refractivity contribution is 7.97. The van der Waals surface area contributed by atoms with Gasteiger partial charge in [0.05, 0.1) is 0 Å². The molecule has 56 heavy (non-hydrogen) atoms. The molecule has 0 saturated heterocycles. The molecular formula is C48H103N5S3. The molecule has 0 rings (SSSR count). The van der Waals surface area contributed by atoms with E-state index in [9.17, 15) is 0 Å². The van der Waals surface area contributed by atoms with Crippen molar-refractivity contribution in [2.45, 2.75) is 233 Å². The van der Waals surface area contributed by atoms with Crippen LogP contribution in [0, 0.1) is 0 Å². The van der Waals surface area contributed by atoms with E-state index in [2.05, 4.69) is 88.2 Å². The van der Waals surface area contributed by atoms with Crippen molar-refractivity contribution in [3.8, 4) is 0 Å². The average Bonchev–Trinajstić information content (AvgIpc) is 3.19. The zero-order valence-electron chi connectivity index (χ0n) is 39.2. The van der Waals surface area contributed by atoms with Crippen LogP contribution in [0.4, 0.5) is 0 Å². The fourth-order valence-corrected chi connectivity index (χ4v) is 10.1. The first kappa shape index (κ1) is 56.9. The molecule has 0 aromatic heterocycles. The van der Waals surface area contributed by atoms with Gasteiger partial charge in [0.2, 0.25) is 0 Å². The summed E-state index contributed by atoms with van der Waals surface area (Å²) in [6, 6.07) is 0. The molecule has 0 aliphatic carbocycles. The molecule has 5 nitrogen and oxygen atoms in total. The monoisotopic (exact) mass is 846 g/mol. The summed E-state index contributed by atoms with van der Waals surface area (Å²) in [6.07, 6.45) is 44.6. The van der Waals surface area contributed by atoms with Gasteiger partial charge in [0.15, 0.2) is 0 Å². The van der Waals surface area contributed by atoms with Crippen LogP contribution in [0.25, 0.3) is 0 Å². The molecule has 0 unspecified atom stereocenters. The minimum absolute atomic E-state index is 1.11. The molecule has 0 aliphatic rings. The highest BCUT2D eigenvalue weighted by atomic mass is 32.2. The smallest absolute Gasteiger partial charge is 0.00893 e. The summed E-state index contributed by atoms with van der Waals surface area (Å²) in [4.78, 5) is 2.82. The molecule has 338 valence electrons. The summed E-state index contributed by atoms with van der Waals surface area (Å²) in [5, 5.41) is 0. The van der Waals surface area contributed by atoms with Gasteiger partial charge in [-0.05, 0) is 97.9 Å². The molecule has 0 aliphatic heterocycles. The van der Waals surface area contributed by atoms with Crippen molar-refractivity contribution in [1.29, 1.82) is 0 Å². The second-order valence-corrected chi connectivity index (χ2v) is 20.6. The predicted molar refractivity (Wildman–Crippen MR) is 264 cm³/mol. The standard InChI is InChI=1S/C48H103N5S3/c1-7-11-15-19-25-34-45-52(43-32-17-13-9-3)54-47-37-27-21-23-30-40-51(42-36-29-39-49-56-50(5)6)41-31-24-22-28-38-48-55-53(44-33-18-14-10-4)46-35-26-20-16-12-8-2/h49H,7-48H2,1-6H3. The Morgan fingerprint density at radius 3 is 0.964 bits per heavy atom. The molecule has 1 N–H and O–H groups in total. The second-order valence-electron chi connectivity index (χ2n) is 17.1. The second kappa shape index (κ2) is 48.5. The first-order valence-electron chi connectivity index (χ1n) is 25.1. The lowest BCUT2D eigenvalue weighted by molar-refractivity contribution is 0.255. The van der Waals surface area contributed by atoms with E-state index in [0.717, 1.165) is 6.54 Å². The Morgan fingerprint density at radius 1 is 0.321 bits per heavy atom. The third-order valence-electron chi connectivity index (χ3n) is 11.1. The number of rotatable bonds is 49. The molecule has 0 saturated carbocycles. The largest absolute Gasteiger partial charge is 0.303 e. The SMILES string of the molecule is CCCCCCCCN(CCCCCC)SCCCCCCCN(CCCCCCCSN(CCCCCC)CCCCCCCC)CCCCNSN(C)C. The molecule has 0 spiro atoms. The maximum Gasteiger partial charge on any atom is 0.00893 e.